The van der Waals surface area contributed by atoms with E-state index in [2.05, 4.69) is 0 Å². The van der Waals surface area contributed by atoms with E-state index in [9.17, 15) is 9.90 Å². The quantitative estimate of drug-likeness (QED) is 0.293. The van der Waals surface area contributed by atoms with Gasteiger partial charge in [-0.3, -0.25) is 0 Å². The van der Waals surface area contributed by atoms with Crippen LogP contribution in [0.25, 0.3) is 0 Å². The van der Waals surface area contributed by atoms with Gasteiger partial charge in [-0.2, -0.15) is 0 Å². The lowest BCUT2D eigenvalue weighted by molar-refractivity contribution is -0.144. The first kappa shape index (κ1) is 23.1. The summed E-state index contributed by atoms with van der Waals surface area (Å²) in [5.41, 5.74) is 0. The summed E-state index contributed by atoms with van der Waals surface area (Å²) < 4.78 is 16.8. The minimum atomic E-state index is -0.613. The molecule has 152 valence electrons. The highest BCUT2D eigenvalue weighted by molar-refractivity contribution is 5.81. The zero-order valence-corrected chi connectivity index (χ0v) is 17.0. The summed E-state index contributed by atoms with van der Waals surface area (Å²) in [6.45, 7) is 7.83. The van der Waals surface area contributed by atoms with Crippen LogP contribution in [0.1, 0.15) is 85.5 Å². The van der Waals surface area contributed by atoms with Crippen LogP contribution in [0.5, 0.6) is 0 Å². The van der Waals surface area contributed by atoms with Gasteiger partial charge in [0, 0.05) is 6.08 Å². The lowest BCUT2D eigenvalue weighted by Crippen LogP contribution is -2.21. The van der Waals surface area contributed by atoms with Crippen molar-refractivity contribution < 1.29 is 24.1 Å². The van der Waals surface area contributed by atoms with E-state index in [1.165, 1.54) is 38.2 Å². The Morgan fingerprint density at radius 3 is 2.35 bits per heavy atom. The van der Waals surface area contributed by atoms with Crippen LogP contribution in [-0.4, -0.2) is 41.8 Å². The molecule has 0 spiro atoms. The van der Waals surface area contributed by atoms with Crippen molar-refractivity contribution >= 4 is 5.97 Å². The first-order valence-corrected chi connectivity index (χ1v) is 10.2. The molecule has 5 nitrogen and oxygen atoms in total. The van der Waals surface area contributed by atoms with Crippen LogP contribution < -0.4 is 0 Å². The zero-order valence-electron chi connectivity index (χ0n) is 17.0. The van der Waals surface area contributed by atoms with E-state index in [1.807, 2.05) is 20.8 Å². The van der Waals surface area contributed by atoms with Crippen molar-refractivity contribution in [2.75, 3.05) is 6.61 Å². The van der Waals surface area contributed by atoms with Crippen LogP contribution in [0.3, 0.4) is 0 Å². The van der Waals surface area contributed by atoms with Crippen molar-refractivity contribution in [2.45, 2.75) is 110 Å². The Morgan fingerprint density at radius 2 is 1.73 bits per heavy atom. The average molecular weight is 371 g/mol. The van der Waals surface area contributed by atoms with E-state index in [0.717, 1.165) is 25.7 Å². The molecule has 0 saturated carbocycles. The van der Waals surface area contributed by atoms with Gasteiger partial charge in [0.05, 0.1) is 18.8 Å². The molecule has 0 bridgehead atoms. The van der Waals surface area contributed by atoms with E-state index >= 15 is 0 Å². The fourth-order valence-electron chi connectivity index (χ4n) is 3.28. The first-order chi connectivity index (χ1) is 12.3. The molecule has 1 fully saturated rings. The fourth-order valence-corrected chi connectivity index (χ4v) is 3.28. The molecular formula is C21H38O5. The number of aliphatic hydroxyl groups excluding tert-OH is 1. The Bertz CT molecular complexity index is 417. The molecule has 1 aliphatic heterocycles. The van der Waals surface area contributed by atoms with E-state index < -0.39 is 5.79 Å². The smallest absolute Gasteiger partial charge is 0.330 e. The van der Waals surface area contributed by atoms with E-state index in [-0.39, 0.29) is 24.3 Å². The van der Waals surface area contributed by atoms with Crippen molar-refractivity contribution in [2.24, 2.45) is 0 Å². The average Bonchev–Trinajstić information content (AvgIpc) is 2.85. The topological polar surface area (TPSA) is 65.0 Å². The molecule has 1 unspecified atom stereocenters. The molecule has 0 aromatic rings. The summed E-state index contributed by atoms with van der Waals surface area (Å²) in [5, 5.41) is 9.23. The molecular weight excluding hydrogens is 332 g/mol. The minimum absolute atomic E-state index is 0.0123. The highest BCUT2D eigenvalue weighted by Crippen LogP contribution is 2.31. The maximum absolute atomic E-state index is 11.5. The zero-order chi connectivity index (χ0) is 19.4. The van der Waals surface area contributed by atoms with Crippen LogP contribution in [-0.2, 0) is 19.0 Å². The van der Waals surface area contributed by atoms with Gasteiger partial charge in [-0.05, 0) is 46.6 Å². The molecule has 1 N–H and O–H groups in total. The molecule has 1 aliphatic rings. The lowest BCUT2D eigenvalue weighted by Gasteiger charge is -2.16. The van der Waals surface area contributed by atoms with Crippen molar-refractivity contribution in [1.29, 1.82) is 0 Å². The third kappa shape index (κ3) is 10.3. The summed E-state index contributed by atoms with van der Waals surface area (Å²) in [5.74, 6) is -0.951. The predicted octanol–water partition coefficient (Wildman–Crippen LogP) is 4.52. The van der Waals surface area contributed by atoms with Crippen LogP contribution in [0.15, 0.2) is 12.2 Å². The largest absolute Gasteiger partial charge is 0.463 e. The van der Waals surface area contributed by atoms with Crippen LogP contribution in [0.2, 0.25) is 0 Å². The molecule has 1 rings (SSSR count). The maximum Gasteiger partial charge on any atom is 0.330 e. The van der Waals surface area contributed by atoms with Crippen LogP contribution in [0.4, 0.5) is 0 Å². The summed E-state index contributed by atoms with van der Waals surface area (Å²) in [6.07, 6.45) is 13.0. The molecule has 1 saturated heterocycles. The molecule has 1 heterocycles. The van der Waals surface area contributed by atoms with E-state index in [1.54, 1.807) is 13.0 Å². The van der Waals surface area contributed by atoms with E-state index in [0.29, 0.717) is 6.61 Å². The van der Waals surface area contributed by atoms with Crippen molar-refractivity contribution in [3.8, 4) is 0 Å². The van der Waals surface area contributed by atoms with Gasteiger partial charge in [0.1, 0.15) is 6.10 Å². The third-order valence-corrected chi connectivity index (χ3v) is 4.54. The first-order valence-electron chi connectivity index (χ1n) is 10.2. The SMILES string of the molecule is CCOC(=O)/C=C/[C@@H]1OC(C)(C)O[C@H]1CCCCCCCCCC(C)O. The minimum Gasteiger partial charge on any atom is -0.463 e. The summed E-state index contributed by atoms with van der Waals surface area (Å²) >= 11 is 0. The number of hydrogen-bond donors (Lipinski definition) is 1. The maximum atomic E-state index is 11.5. The van der Waals surface area contributed by atoms with Gasteiger partial charge >= 0.3 is 5.97 Å². The van der Waals surface area contributed by atoms with Crippen molar-refractivity contribution in [3.05, 3.63) is 12.2 Å². The predicted molar refractivity (Wildman–Crippen MR) is 103 cm³/mol. The molecule has 0 amide bonds. The molecule has 5 heteroatoms. The number of ether oxygens (including phenoxy) is 3. The van der Waals surface area contributed by atoms with Gasteiger partial charge in [0.2, 0.25) is 0 Å². The monoisotopic (exact) mass is 370 g/mol. The van der Waals surface area contributed by atoms with Gasteiger partial charge in [-0.25, -0.2) is 4.79 Å². The number of hydrogen-bond acceptors (Lipinski definition) is 5. The van der Waals surface area contributed by atoms with Crippen LogP contribution in [0, 0.1) is 0 Å². The standard InChI is InChI=1S/C21H38O5/c1-5-24-20(23)16-15-19-18(25-21(3,4)26-19)14-12-10-8-6-7-9-11-13-17(2)22/h15-19,22H,5-14H2,1-4H3/b16-15+/t17?,18-,19-/m0/s1. The molecule has 3 atom stereocenters. The Morgan fingerprint density at radius 1 is 1.12 bits per heavy atom. The second-order valence-corrected chi connectivity index (χ2v) is 7.65. The molecule has 0 radical (unpaired) electrons. The number of esters is 1. The Balaban J connectivity index is 2.21. The third-order valence-electron chi connectivity index (χ3n) is 4.54. The lowest BCUT2D eigenvalue weighted by atomic mass is 10.0. The van der Waals surface area contributed by atoms with Crippen molar-refractivity contribution in [1.82, 2.24) is 0 Å². The molecule has 0 aromatic heterocycles. The summed E-state index contributed by atoms with van der Waals surface area (Å²) in [6, 6.07) is 0. The second-order valence-electron chi connectivity index (χ2n) is 7.65. The highest BCUT2D eigenvalue weighted by atomic mass is 16.7. The number of unbranched alkanes of at least 4 members (excludes halogenated alkanes) is 6. The van der Waals surface area contributed by atoms with Gasteiger partial charge in [-0.1, -0.05) is 44.9 Å². The number of carbonyl (C=O) groups excluding carboxylic acids is 1. The fraction of sp³-hybridized carbons (Fsp3) is 0.857. The number of rotatable bonds is 13. The Hall–Kier alpha value is -0.910. The highest BCUT2D eigenvalue weighted by Gasteiger charge is 2.39. The Labute approximate surface area is 159 Å². The van der Waals surface area contributed by atoms with Gasteiger partial charge < -0.3 is 19.3 Å². The second kappa shape index (κ2) is 12.5. The summed E-state index contributed by atoms with van der Waals surface area (Å²) in [4.78, 5) is 11.5. The van der Waals surface area contributed by atoms with Crippen LogP contribution >= 0.6 is 0 Å². The summed E-state index contributed by atoms with van der Waals surface area (Å²) in [7, 11) is 0. The van der Waals surface area contributed by atoms with Gasteiger partial charge in [0.15, 0.2) is 5.79 Å². The van der Waals surface area contributed by atoms with Crippen molar-refractivity contribution in [3.63, 3.8) is 0 Å². The molecule has 0 aromatic carbocycles. The normalized spacial score (nSPS) is 23.4. The van der Waals surface area contributed by atoms with Gasteiger partial charge in [-0.15, -0.1) is 0 Å². The Kier molecular flexibility index (Phi) is 11.1. The molecule has 26 heavy (non-hydrogen) atoms. The number of carbonyl (C=O) groups is 1. The number of aliphatic hydroxyl groups is 1. The van der Waals surface area contributed by atoms with Gasteiger partial charge in [0.25, 0.3) is 0 Å². The van der Waals surface area contributed by atoms with E-state index in [4.69, 9.17) is 14.2 Å². The molecule has 0 aliphatic carbocycles.